The molecule has 2 heterocycles. The molecule has 2 aromatic heterocycles. The lowest BCUT2D eigenvalue weighted by Gasteiger charge is -2.04. The van der Waals surface area contributed by atoms with Crippen LogP contribution in [0.2, 0.25) is 0 Å². The van der Waals surface area contributed by atoms with Crippen molar-refractivity contribution in [2.75, 3.05) is 19.0 Å². The molecule has 0 aliphatic carbocycles. The maximum Gasteiger partial charge on any atom is 0.262 e. The Morgan fingerprint density at radius 3 is 2.91 bits per heavy atom. The van der Waals surface area contributed by atoms with E-state index in [-0.39, 0.29) is 5.56 Å². The van der Waals surface area contributed by atoms with Crippen LogP contribution in [0.3, 0.4) is 0 Å². The van der Waals surface area contributed by atoms with Gasteiger partial charge in [0.1, 0.15) is 5.39 Å². The number of rotatable bonds is 6. The first-order valence-electron chi connectivity index (χ1n) is 7.03. The molecule has 0 saturated carbocycles. The zero-order chi connectivity index (χ0) is 15.4. The van der Waals surface area contributed by atoms with Crippen molar-refractivity contribution in [2.24, 2.45) is 0 Å². The summed E-state index contributed by atoms with van der Waals surface area (Å²) in [5.74, 6) is 0.738. The number of hydrogen-bond acceptors (Lipinski definition) is 5. The lowest BCUT2D eigenvalue weighted by atomic mass is 10.3. The van der Waals surface area contributed by atoms with Crippen LogP contribution in [-0.4, -0.2) is 38.7 Å². The Morgan fingerprint density at radius 1 is 1.32 bits per heavy atom. The van der Waals surface area contributed by atoms with Gasteiger partial charge in [0.15, 0.2) is 10.8 Å². The molecule has 1 aromatic carbocycles. The van der Waals surface area contributed by atoms with E-state index < -0.39 is 0 Å². The molecule has 0 atom stereocenters. The third-order valence-electron chi connectivity index (χ3n) is 3.09. The lowest BCUT2D eigenvalue weighted by Crippen LogP contribution is -2.10. The molecule has 22 heavy (non-hydrogen) atoms. The Balaban J connectivity index is 1.95. The molecule has 0 aliphatic rings. The summed E-state index contributed by atoms with van der Waals surface area (Å²) in [7, 11) is 0. The number of fused-ring (bicyclic) bond motifs is 1. The van der Waals surface area contributed by atoms with Crippen molar-refractivity contribution >= 4 is 22.8 Å². The second kappa shape index (κ2) is 6.76. The summed E-state index contributed by atoms with van der Waals surface area (Å²) in [6.45, 7) is 3.26. The second-order valence-electron chi connectivity index (χ2n) is 4.55. The van der Waals surface area contributed by atoms with Gasteiger partial charge in [-0.15, -0.1) is 0 Å². The molecule has 0 amide bonds. The zero-order valence-electron chi connectivity index (χ0n) is 12.2. The van der Waals surface area contributed by atoms with Gasteiger partial charge in [-0.1, -0.05) is 30.0 Å². The average molecular weight is 316 g/mol. The van der Waals surface area contributed by atoms with Crippen LogP contribution in [0, 0.1) is 0 Å². The molecule has 1 N–H and O–H groups in total. The zero-order valence-corrected chi connectivity index (χ0v) is 13.0. The molecule has 0 radical (unpaired) electrons. The summed E-state index contributed by atoms with van der Waals surface area (Å²) in [6.07, 6.45) is 1.54. The predicted octanol–water partition coefficient (Wildman–Crippen LogP) is 2.24. The maximum absolute atomic E-state index is 12.1. The first kappa shape index (κ1) is 14.8. The number of para-hydroxylation sites is 1. The molecule has 3 rings (SSSR count). The van der Waals surface area contributed by atoms with Crippen molar-refractivity contribution in [1.29, 1.82) is 0 Å². The van der Waals surface area contributed by atoms with E-state index in [1.54, 1.807) is 10.9 Å². The van der Waals surface area contributed by atoms with Crippen LogP contribution in [0.4, 0.5) is 0 Å². The number of ether oxygens (including phenoxy) is 1. The van der Waals surface area contributed by atoms with Crippen LogP contribution >= 0.6 is 11.8 Å². The molecule has 7 heteroatoms. The summed E-state index contributed by atoms with van der Waals surface area (Å²) < 4.78 is 6.97. The average Bonchev–Trinajstić information content (AvgIpc) is 2.97. The first-order valence-corrected chi connectivity index (χ1v) is 8.02. The maximum atomic E-state index is 12.1. The van der Waals surface area contributed by atoms with E-state index in [1.807, 2.05) is 37.3 Å². The Hall–Kier alpha value is -2.12. The van der Waals surface area contributed by atoms with Crippen molar-refractivity contribution in [1.82, 2.24) is 19.7 Å². The van der Waals surface area contributed by atoms with Crippen LogP contribution in [0.25, 0.3) is 16.7 Å². The monoisotopic (exact) mass is 316 g/mol. The first-order chi connectivity index (χ1) is 10.8. The highest BCUT2D eigenvalue weighted by Gasteiger charge is 2.11. The summed E-state index contributed by atoms with van der Waals surface area (Å²) >= 11 is 1.46. The van der Waals surface area contributed by atoms with E-state index in [0.717, 1.165) is 11.4 Å². The largest absolute Gasteiger partial charge is 0.381 e. The van der Waals surface area contributed by atoms with Crippen molar-refractivity contribution < 1.29 is 4.74 Å². The van der Waals surface area contributed by atoms with Gasteiger partial charge in [-0.2, -0.15) is 5.10 Å². The molecular formula is C15H16N4O2S. The molecule has 0 aliphatic heterocycles. The summed E-state index contributed by atoms with van der Waals surface area (Å²) in [5, 5.41) is 5.34. The molecule has 0 saturated heterocycles. The highest BCUT2D eigenvalue weighted by Crippen LogP contribution is 2.17. The number of aromatic nitrogens is 4. The van der Waals surface area contributed by atoms with Gasteiger partial charge in [-0.05, 0) is 19.1 Å². The minimum absolute atomic E-state index is 0.175. The third kappa shape index (κ3) is 3.05. The Morgan fingerprint density at radius 2 is 2.14 bits per heavy atom. The number of nitrogens with zero attached hydrogens (tertiary/aromatic N) is 3. The minimum atomic E-state index is -0.175. The Bertz CT molecular complexity index is 813. The normalized spacial score (nSPS) is 11.1. The second-order valence-corrected chi connectivity index (χ2v) is 5.63. The number of nitrogens with one attached hydrogen (secondary N) is 1. The minimum Gasteiger partial charge on any atom is -0.381 e. The lowest BCUT2D eigenvalue weighted by molar-refractivity contribution is 0.164. The standard InChI is InChI=1S/C15H16N4O2S/c1-2-21-8-9-22-15-17-13-12(14(20)18-15)10-16-19(13)11-6-4-3-5-7-11/h3-7,10H,2,8-9H2,1H3,(H,17,18,20). The Kier molecular flexibility index (Phi) is 4.55. The van der Waals surface area contributed by atoms with E-state index in [2.05, 4.69) is 15.1 Å². The van der Waals surface area contributed by atoms with Crippen LogP contribution in [-0.2, 0) is 4.74 Å². The highest BCUT2D eigenvalue weighted by atomic mass is 32.2. The van der Waals surface area contributed by atoms with Crippen LogP contribution in [0.1, 0.15) is 6.92 Å². The SMILES string of the molecule is CCOCCSc1nc2c(cnn2-c2ccccc2)c(=O)[nH]1. The highest BCUT2D eigenvalue weighted by molar-refractivity contribution is 7.99. The van der Waals surface area contributed by atoms with Crippen LogP contribution in [0.5, 0.6) is 0 Å². The molecule has 0 unspecified atom stereocenters. The number of H-pyrrole nitrogens is 1. The van der Waals surface area contributed by atoms with E-state index in [4.69, 9.17) is 4.74 Å². The quantitative estimate of drug-likeness (QED) is 0.429. The topological polar surface area (TPSA) is 72.8 Å². The van der Waals surface area contributed by atoms with Crippen molar-refractivity contribution in [2.45, 2.75) is 12.1 Å². The third-order valence-corrected chi connectivity index (χ3v) is 3.93. The number of hydrogen-bond donors (Lipinski definition) is 1. The van der Waals surface area contributed by atoms with E-state index >= 15 is 0 Å². The molecule has 0 bridgehead atoms. The fourth-order valence-corrected chi connectivity index (χ4v) is 2.78. The Labute approximate surface area is 131 Å². The molecule has 0 spiro atoms. The smallest absolute Gasteiger partial charge is 0.262 e. The summed E-state index contributed by atoms with van der Waals surface area (Å²) in [5.41, 5.74) is 1.26. The number of benzene rings is 1. The summed E-state index contributed by atoms with van der Waals surface area (Å²) in [6, 6.07) is 9.64. The van der Waals surface area contributed by atoms with Gasteiger partial charge in [-0.25, -0.2) is 9.67 Å². The van der Waals surface area contributed by atoms with Gasteiger partial charge in [0.25, 0.3) is 5.56 Å². The van der Waals surface area contributed by atoms with Gasteiger partial charge in [0.2, 0.25) is 0 Å². The van der Waals surface area contributed by atoms with Crippen molar-refractivity contribution in [3.63, 3.8) is 0 Å². The molecule has 3 aromatic rings. The van der Waals surface area contributed by atoms with Gasteiger partial charge in [0, 0.05) is 12.4 Å². The van der Waals surface area contributed by atoms with Gasteiger partial charge >= 0.3 is 0 Å². The van der Waals surface area contributed by atoms with Crippen LogP contribution < -0.4 is 5.56 Å². The number of aromatic amines is 1. The number of thioether (sulfide) groups is 1. The molecule has 0 fully saturated rings. The van der Waals surface area contributed by atoms with E-state index in [9.17, 15) is 4.79 Å². The van der Waals surface area contributed by atoms with Crippen molar-refractivity contribution in [3.05, 3.63) is 46.9 Å². The van der Waals surface area contributed by atoms with Crippen LogP contribution in [0.15, 0.2) is 46.5 Å². The van der Waals surface area contributed by atoms with E-state index in [1.165, 1.54) is 11.8 Å². The van der Waals surface area contributed by atoms with Crippen molar-refractivity contribution in [3.8, 4) is 5.69 Å². The summed E-state index contributed by atoms with van der Waals surface area (Å²) in [4.78, 5) is 19.4. The van der Waals surface area contributed by atoms with Gasteiger partial charge < -0.3 is 9.72 Å². The fraction of sp³-hybridized carbons (Fsp3) is 0.267. The molecule has 6 nitrogen and oxygen atoms in total. The van der Waals surface area contributed by atoms with Gasteiger partial charge in [0.05, 0.1) is 18.5 Å². The molecular weight excluding hydrogens is 300 g/mol. The molecule has 114 valence electrons. The van der Waals surface area contributed by atoms with E-state index in [0.29, 0.717) is 29.4 Å². The fourth-order valence-electron chi connectivity index (χ4n) is 2.07. The van der Waals surface area contributed by atoms with Gasteiger partial charge in [-0.3, -0.25) is 4.79 Å². The predicted molar refractivity (Wildman–Crippen MR) is 86.7 cm³/mol.